The van der Waals surface area contributed by atoms with Crippen molar-refractivity contribution in [2.24, 2.45) is 0 Å². The van der Waals surface area contributed by atoms with E-state index in [1.54, 1.807) is 12.1 Å². The molecular weight excluding hydrogens is 266 g/mol. The lowest BCUT2D eigenvalue weighted by atomic mass is 10.2. The lowest BCUT2D eigenvalue weighted by molar-refractivity contribution is 0.411. The molecule has 0 spiro atoms. The lowest BCUT2D eigenvalue weighted by Gasteiger charge is -2.06. The van der Waals surface area contributed by atoms with Crippen LogP contribution in [-0.4, -0.2) is 17.1 Å². The summed E-state index contributed by atoms with van der Waals surface area (Å²) in [6.45, 7) is 0. The molecule has 88 valence electrons. The van der Waals surface area contributed by atoms with Gasteiger partial charge >= 0.3 is 0 Å². The molecule has 6 heteroatoms. The minimum absolute atomic E-state index is 0.0896. The topological polar surface area (TPSA) is 35.0 Å². The first kappa shape index (κ1) is 12.1. The number of nitrogens with zero attached hydrogens (tertiary/aromatic N) is 2. The van der Waals surface area contributed by atoms with E-state index in [0.29, 0.717) is 5.56 Å². The summed E-state index contributed by atoms with van der Waals surface area (Å²) < 4.78 is 18.0. The Bertz CT molecular complexity index is 540. The number of methoxy groups -OCH3 is 1. The van der Waals surface area contributed by atoms with Gasteiger partial charge in [0.15, 0.2) is 21.9 Å². The van der Waals surface area contributed by atoms with Gasteiger partial charge in [0, 0.05) is 5.56 Å². The predicted molar refractivity (Wildman–Crippen MR) is 64.0 cm³/mol. The fourth-order valence-corrected chi connectivity index (χ4v) is 1.86. The molecule has 3 nitrogen and oxygen atoms in total. The number of hydrogen-bond acceptors (Lipinski definition) is 3. The van der Waals surface area contributed by atoms with Crippen LogP contribution >= 0.6 is 23.2 Å². The van der Waals surface area contributed by atoms with E-state index < -0.39 is 0 Å². The van der Waals surface area contributed by atoms with Crippen LogP contribution in [0.1, 0.15) is 0 Å². The number of hydrogen-bond donors (Lipinski definition) is 0. The molecule has 1 heterocycles. The monoisotopic (exact) mass is 272 g/mol. The second kappa shape index (κ2) is 4.85. The van der Waals surface area contributed by atoms with Gasteiger partial charge in [0.1, 0.15) is 5.82 Å². The quantitative estimate of drug-likeness (QED) is 0.784. The van der Waals surface area contributed by atoms with Gasteiger partial charge in [-0.1, -0.05) is 35.3 Å². The van der Waals surface area contributed by atoms with Crippen molar-refractivity contribution in [1.82, 2.24) is 9.97 Å². The van der Waals surface area contributed by atoms with Crippen LogP contribution in [0.15, 0.2) is 24.3 Å². The zero-order chi connectivity index (χ0) is 12.4. The molecule has 0 amide bonds. The van der Waals surface area contributed by atoms with Crippen molar-refractivity contribution < 1.29 is 9.13 Å². The molecule has 2 rings (SSSR count). The molecule has 0 saturated carbocycles. The number of benzene rings is 1. The van der Waals surface area contributed by atoms with Gasteiger partial charge in [0.25, 0.3) is 0 Å². The molecule has 0 aliphatic heterocycles. The van der Waals surface area contributed by atoms with Crippen molar-refractivity contribution in [3.8, 4) is 17.1 Å². The maximum atomic E-state index is 13.1. The van der Waals surface area contributed by atoms with E-state index >= 15 is 0 Å². The Morgan fingerprint density at radius 2 is 1.82 bits per heavy atom. The van der Waals surface area contributed by atoms with Crippen LogP contribution in [0.25, 0.3) is 11.4 Å². The first-order valence-electron chi connectivity index (χ1n) is 4.65. The van der Waals surface area contributed by atoms with Crippen LogP contribution in [-0.2, 0) is 0 Å². The summed E-state index contributed by atoms with van der Waals surface area (Å²) in [5.41, 5.74) is 0.497. The van der Waals surface area contributed by atoms with Gasteiger partial charge in [0.05, 0.1) is 7.11 Å². The zero-order valence-electron chi connectivity index (χ0n) is 8.75. The van der Waals surface area contributed by atoms with Crippen molar-refractivity contribution in [2.75, 3.05) is 7.11 Å². The largest absolute Gasteiger partial charge is 0.491 e. The Labute approximate surface area is 107 Å². The van der Waals surface area contributed by atoms with E-state index in [1.807, 2.05) is 0 Å². The fraction of sp³-hybridized carbons (Fsp3) is 0.0909. The highest BCUT2D eigenvalue weighted by Gasteiger charge is 2.13. The molecule has 2 aromatic rings. The summed E-state index contributed by atoms with van der Waals surface area (Å²) in [7, 11) is 1.41. The van der Waals surface area contributed by atoms with Crippen LogP contribution in [0, 0.1) is 5.82 Å². The Kier molecular flexibility index (Phi) is 3.45. The van der Waals surface area contributed by atoms with Gasteiger partial charge in [-0.3, -0.25) is 0 Å². The summed E-state index contributed by atoms with van der Waals surface area (Å²) in [5.74, 6) is 0.0722. The predicted octanol–water partition coefficient (Wildman–Crippen LogP) is 3.60. The van der Waals surface area contributed by atoms with Crippen LogP contribution < -0.4 is 4.74 Å². The summed E-state index contributed by atoms with van der Waals surface area (Å²) in [6.07, 6.45) is 0. The molecule has 0 N–H and O–H groups in total. The molecular formula is C11H7Cl2FN2O. The Hall–Kier alpha value is -1.39. The maximum absolute atomic E-state index is 13.1. The van der Waals surface area contributed by atoms with E-state index in [4.69, 9.17) is 27.9 Å². The number of halogens is 3. The van der Waals surface area contributed by atoms with Crippen molar-refractivity contribution >= 4 is 23.2 Å². The molecule has 1 aromatic heterocycles. The van der Waals surface area contributed by atoms with E-state index in [0.717, 1.165) is 0 Å². The standard InChI is InChI=1S/C11H7Cl2FN2O/c1-17-8-9(12)15-11(16-10(8)13)6-3-2-4-7(14)5-6/h2-5H,1H3. The zero-order valence-corrected chi connectivity index (χ0v) is 10.3. The normalized spacial score (nSPS) is 10.4. The molecule has 0 bridgehead atoms. The van der Waals surface area contributed by atoms with Crippen molar-refractivity contribution in [2.45, 2.75) is 0 Å². The third-order valence-electron chi connectivity index (χ3n) is 2.07. The molecule has 0 atom stereocenters. The van der Waals surface area contributed by atoms with E-state index in [2.05, 4.69) is 9.97 Å². The molecule has 0 aliphatic carbocycles. The molecule has 0 radical (unpaired) electrons. The maximum Gasteiger partial charge on any atom is 0.193 e. The van der Waals surface area contributed by atoms with Crippen LogP contribution in [0.3, 0.4) is 0 Å². The summed E-state index contributed by atoms with van der Waals surface area (Å²) in [6, 6.07) is 5.85. The third-order valence-corrected chi connectivity index (χ3v) is 2.58. The third kappa shape index (κ3) is 2.48. The minimum atomic E-state index is -0.380. The SMILES string of the molecule is COc1c(Cl)nc(-c2cccc(F)c2)nc1Cl. The Morgan fingerprint density at radius 3 is 2.35 bits per heavy atom. The van der Waals surface area contributed by atoms with Crippen molar-refractivity contribution in [3.05, 3.63) is 40.4 Å². The van der Waals surface area contributed by atoms with Gasteiger partial charge in [-0.05, 0) is 12.1 Å². The molecule has 1 aromatic carbocycles. The molecule has 0 saturated heterocycles. The van der Waals surface area contributed by atoms with Gasteiger partial charge in [-0.25, -0.2) is 14.4 Å². The van der Waals surface area contributed by atoms with Gasteiger partial charge in [-0.15, -0.1) is 0 Å². The van der Waals surface area contributed by atoms with Crippen molar-refractivity contribution in [1.29, 1.82) is 0 Å². The van der Waals surface area contributed by atoms with Gasteiger partial charge in [-0.2, -0.15) is 0 Å². The second-order valence-electron chi connectivity index (χ2n) is 3.17. The smallest absolute Gasteiger partial charge is 0.193 e. The van der Waals surface area contributed by atoms with E-state index in [9.17, 15) is 4.39 Å². The van der Waals surface area contributed by atoms with Crippen LogP contribution in [0.5, 0.6) is 5.75 Å². The highest BCUT2D eigenvalue weighted by molar-refractivity contribution is 6.35. The Balaban J connectivity index is 2.54. The molecule has 0 aliphatic rings. The minimum Gasteiger partial charge on any atom is -0.491 e. The van der Waals surface area contributed by atoms with Crippen molar-refractivity contribution in [3.63, 3.8) is 0 Å². The fourth-order valence-electron chi connectivity index (χ4n) is 1.32. The highest BCUT2D eigenvalue weighted by Crippen LogP contribution is 2.31. The van der Waals surface area contributed by atoms with E-state index in [1.165, 1.54) is 19.2 Å². The number of aromatic nitrogens is 2. The summed E-state index contributed by atoms with van der Waals surface area (Å²) >= 11 is 11.7. The molecule has 17 heavy (non-hydrogen) atoms. The Morgan fingerprint density at radius 1 is 1.18 bits per heavy atom. The lowest BCUT2D eigenvalue weighted by Crippen LogP contribution is -1.95. The van der Waals surface area contributed by atoms with E-state index in [-0.39, 0.29) is 27.7 Å². The average Bonchev–Trinajstić information content (AvgIpc) is 2.28. The van der Waals surface area contributed by atoms with Gasteiger partial charge in [0.2, 0.25) is 0 Å². The first-order valence-corrected chi connectivity index (χ1v) is 5.40. The number of rotatable bonds is 2. The summed E-state index contributed by atoms with van der Waals surface area (Å²) in [4.78, 5) is 7.99. The highest BCUT2D eigenvalue weighted by atomic mass is 35.5. The first-order chi connectivity index (χ1) is 8.11. The molecule has 0 fully saturated rings. The number of ether oxygens (including phenoxy) is 1. The average molecular weight is 273 g/mol. The van der Waals surface area contributed by atoms with Crippen LogP contribution in [0.4, 0.5) is 4.39 Å². The van der Waals surface area contributed by atoms with Gasteiger partial charge < -0.3 is 4.74 Å². The molecule has 0 unspecified atom stereocenters. The summed E-state index contributed by atoms with van der Waals surface area (Å²) in [5, 5.41) is 0.179. The second-order valence-corrected chi connectivity index (χ2v) is 3.89. The van der Waals surface area contributed by atoms with Crippen LogP contribution in [0.2, 0.25) is 10.3 Å².